The summed E-state index contributed by atoms with van der Waals surface area (Å²) in [6, 6.07) is 1.54. The van der Waals surface area contributed by atoms with Crippen molar-refractivity contribution in [3.8, 4) is 0 Å². The van der Waals surface area contributed by atoms with Crippen molar-refractivity contribution < 1.29 is 10.0 Å². The Labute approximate surface area is 74.3 Å². The lowest BCUT2D eigenvalue weighted by Crippen LogP contribution is -2.30. The van der Waals surface area contributed by atoms with E-state index in [9.17, 15) is 0 Å². The van der Waals surface area contributed by atoms with Gasteiger partial charge in [-0.3, -0.25) is 4.98 Å². The molecule has 0 bridgehead atoms. The highest BCUT2D eigenvalue weighted by molar-refractivity contribution is 6.58. The van der Waals surface area contributed by atoms with Crippen molar-refractivity contribution in [2.45, 2.75) is 0 Å². The van der Waals surface area contributed by atoms with Crippen molar-refractivity contribution in [3.63, 3.8) is 0 Å². The van der Waals surface area contributed by atoms with Crippen LogP contribution in [0.4, 0.5) is 0 Å². The predicted molar refractivity (Wildman–Crippen MR) is 47.2 cm³/mol. The molecule has 0 spiro atoms. The van der Waals surface area contributed by atoms with E-state index in [4.69, 9.17) is 10.0 Å². The van der Waals surface area contributed by atoms with Gasteiger partial charge in [0.05, 0.1) is 0 Å². The molecule has 2 rings (SSSR count). The molecule has 0 unspecified atom stereocenters. The Morgan fingerprint density at radius 2 is 1.85 bits per heavy atom. The minimum Gasteiger partial charge on any atom is -0.423 e. The van der Waals surface area contributed by atoms with Crippen LogP contribution in [0.25, 0.3) is 11.2 Å². The first-order chi connectivity index (χ1) is 6.27. The zero-order valence-electron chi connectivity index (χ0n) is 6.62. The highest BCUT2D eigenvalue weighted by Crippen LogP contribution is 2.00. The fourth-order valence-corrected chi connectivity index (χ4v) is 1.01. The van der Waals surface area contributed by atoms with Crippen molar-refractivity contribution in [1.29, 1.82) is 0 Å². The lowest BCUT2D eigenvalue weighted by atomic mass is 9.82. The van der Waals surface area contributed by atoms with E-state index in [-0.39, 0.29) is 0 Å². The van der Waals surface area contributed by atoms with Crippen molar-refractivity contribution in [1.82, 2.24) is 15.0 Å². The van der Waals surface area contributed by atoms with E-state index in [1.54, 1.807) is 6.07 Å². The molecule has 0 saturated heterocycles. The molecule has 0 aliphatic rings. The lowest BCUT2D eigenvalue weighted by Gasteiger charge is -1.99. The van der Waals surface area contributed by atoms with Gasteiger partial charge in [0.25, 0.3) is 0 Å². The molecular weight excluding hydrogens is 169 g/mol. The number of rotatable bonds is 1. The SMILES string of the molecule is OB(O)c1cnc2nccnc2c1. The molecule has 0 atom stereocenters. The summed E-state index contributed by atoms with van der Waals surface area (Å²) in [5.41, 5.74) is 1.35. The van der Waals surface area contributed by atoms with Gasteiger partial charge in [-0.25, -0.2) is 9.97 Å². The summed E-state index contributed by atoms with van der Waals surface area (Å²) in [5.74, 6) is 0. The molecule has 2 N–H and O–H groups in total. The smallest absolute Gasteiger partial charge is 0.423 e. The molecule has 0 aromatic carbocycles. The van der Waals surface area contributed by atoms with Gasteiger partial charge >= 0.3 is 7.12 Å². The standard InChI is InChI=1S/C7H6BN3O2/c12-8(13)5-3-6-7(11-4-5)10-2-1-9-6/h1-4,12-13H. The van der Waals surface area contributed by atoms with Crippen LogP contribution >= 0.6 is 0 Å². The van der Waals surface area contributed by atoms with Gasteiger partial charge in [-0.2, -0.15) is 0 Å². The fraction of sp³-hybridized carbons (Fsp3) is 0. The molecule has 5 nitrogen and oxygen atoms in total. The van der Waals surface area contributed by atoms with Crippen molar-refractivity contribution in [2.75, 3.05) is 0 Å². The molecule has 0 fully saturated rings. The molecular formula is C7H6BN3O2. The summed E-state index contributed by atoms with van der Waals surface area (Å²) in [5, 5.41) is 17.7. The van der Waals surface area contributed by atoms with Crippen LogP contribution in [0.5, 0.6) is 0 Å². The first-order valence-corrected chi connectivity index (χ1v) is 3.70. The quantitative estimate of drug-likeness (QED) is 0.526. The third-order valence-corrected chi connectivity index (χ3v) is 1.64. The Balaban J connectivity index is 2.62. The molecule has 0 saturated carbocycles. The van der Waals surface area contributed by atoms with E-state index in [0.717, 1.165) is 0 Å². The number of hydrogen-bond donors (Lipinski definition) is 2. The first-order valence-electron chi connectivity index (χ1n) is 3.70. The average molecular weight is 175 g/mol. The molecule has 2 heterocycles. The normalized spacial score (nSPS) is 10.3. The van der Waals surface area contributed by atoms with Crippen LogP contribution in [0, 0.1) is 0 Å². The van der Waals surface area contributed by atoms with E-state index in [0.29, 0.717) is 16.6 Å². The van der Waals surface area contributed by atoms with Crippen LogP contribution in [0.3, 0.4) is 0 Å². The van der Waals surface area contributed by atoms with Crippen molar-refractivity contribution >= 4 is 23.7 Å². The van der Waals surface area contributed by atoms with Gasteiger partial charge in [0.2, 0.25) is 0 Å². The summed E-state index contributed by atoms with van der Waals surface area (Å²) in [7, 11) is -1.51. The molecule has 6 heteroatoms. The number of fused-ring (bicyclic) bond motifs is 1. The summed E-state index contributed by atoms with van der Waals surface area (Å²) >= 11 is 0. The second-order valence-electron chi connectivity index (χ2n) is 2.54. The Hall–Kier alpha value is -1.53. The fourth-order valence-electron chi connectivity index (χ4n) is 1.01. The van der Waals surface area contributed by atoms with Crippen LogP contribution in [0.15, 0.2) is 24.7 Å². The molecule has 13 heavy (non-hydrogen) atoms. The number of pyridine rings is 1. The van der Waals surface area contributed by atoms with Crippen LogP contribution in [-0.2, 0) is 0 Å². The maximum atomic E-state index is 8.85. The summed E-state index contributed by atoms with van der Waals surface area (Å²) < 4.78 is 0. The van der Waals surface area contributed by atoms with Gasteiger partial charge in [0.15, 0.2) is 5.65 Å². The maximum Gasteiger partial charge on any atom is 0.490 e. The monoisotopic (exact) mass is 175 g/mol. The second kappa shape index (κ2) is 3.08. The number of nitrogens with zero attached hydrogens (tertiary/aromatic N) is 3. The van der Waals surface area contributed by atoms with E-state index >= 15 is 0 Å². The zero-order chi connectivity index (χ0) is 9.26. The Kier molecular flexibility index (Phi) is 1.92. The molecule has 0 amide bonds. The summed E-state index contributed by atoms with van der Waals surface area (Å²) in [4.78, 5) is 11.8. The average Bonchev–Trinajstić information content (AvgIpc) is 2.17. The molecule has 64 valence electrons. The van der Waals surface area contributed by atoms with Crippen molar-refractivity contribution in [3.05, 3.63) is 24.7 Å². The second-order valence-corrected chi connectivity index (χ2v) is 2.54. The van der Waals surface area contributed by atoms with Crippen LogP contribution < -0.4 is 5.46 Å². The topological polar surface area (TPSA) is 79.1 Å². The largest absolute Gasteiger partial charge is 0.490 e. The number of hydrogen-bond acceptors (Lipinski definition) is 5. The third-order valence-electron chi connectivity index (χ3n) is 1.64. The van der Waals surface area contributed by atoms with Crippen molar-refractivity contribution in [2.24, 2.45) is 0 Å². The maximum absolute atomic E-state index is 8.85. The summed E-state index contributed by atoms with van der Waals surface area (Å²) in [6.07, 6.45) is 4.42. The van der Waals surface area contributed by atoms with Gasteiger partial charge in [-0.1, -0.05) is 0 Å². The van der Waals surface area contributed by atoms with E-state index < -0.39 is 7.12 Å². The van der Waals surface area contributed by atoms with Gasteiger partial charge in [0, 0.05) is 24.1 Å². The Morgan fingerprint density at radius 3 is 2.62 bits per heavy atom. The van der Waals surface area contributed by atoms with Gasteiger partial charge in [-0.05, 0) is 6.07 Å². The van der Waals surface area contributed by atoms with Gasteiger partial charge in [0.1, 0.15) is 5.52 Å². The minimum atomic E-state index is -1.51. The van der Waals surface area contributed by atoms with Crippen LogP contribution in [0.2, 0.25) is 0 Å². The highest BCUT2D eigenvalue weighted by atomic mass is 16.4. The lowest BCUT2D eigenvalue weighted by molar-refractivity contribution is 0.425. The van der Waals surface area contributed by atoms with Crippen LogP contribution in [0.1, 0.15) is 0 Å². The van der Waals surface area contributed by atoms with E-state index in [1.807, 2.05) is 0 Å². The van der Waals surface area contributed by atoms with E-state index in [2.05, 4.69) is 15.0 Å². The molecule has 2 aromatic rings. The van der Waals surface area contributed by atoms with E-state index in [1.165, 1.54) is 18.6 Å². The third kappa shape index (κ3) is 1.49. The molecule has 0 radical (unpaired) electrons. The predicted octanol–water partition coefficient (Wildman–Crippen LogP) is -1.30. The highest BCUT2D eigenvalue weighted by Gasteiger charge is 2.11. The molecule has 0 aliphatic carbocycles. The minimum absolute atomic E-state index is 0.313. The van der Waals surface area contributed by atoms with Gasteiger partial charge in [-0.15, -0.1) is 0 Å². The zero-order valence-corrected chi connectivity index (χ0v) is 6.62. The molecule has 2 aromatic heterocycles. The Morgan fingerprint density at radius 1 is 1.08 bits per heavy atom. The molecule has 0 aliphatic heterocycles. The first kappa shape index (κ1) is 8.09. The summed E-state index contributed by atoms with van der Waals surface area (Å²) in [6.45, 7) is 0. The number of aromatic nitrogens is 3. The Bertz CT molecular complexity index is 435. The van der Waals surface area contributed by atoms with Gasteiger partial charge < -0.3 is 10.0 Å². The van der Waals surface area contributed by atoms with Crippen LogP contribution in [-0.4, -0.2) is 32.1 Å².